The lowest BCUT2D eigenvalue weighted by Crippen LogP contribution is -2.51. The Morgan fingerprint density at radius 1 is 1.56 bits per heavy atom. The van der Waals surface area contributed by atoms with Crippen LogP contribution < -0.4 is 10.2 Å². The first-order valence-corrected chi connectivity index (χ1v) is 5.14. The maximum absolute atomic E-state index is 11.6. The first-order chi connectivity index (χ1) is 7.58. The zero-order valence-corrected chi connectivity index (χ0v) is 9.30. The van der Waals surface area contributed by atoms with Crippen molar-refractivity contribution in [1.29, 1.82) is 0 Å². The number of imide groups is 1. The third-order valence-corrected chi connectivity index (χ3v) is 2.74. The van der Waals surface area contributed by atoms with Gasteiger partial charge in [0.15, 0.2) is 5.82 Å². The first kappa shape index (κ1) is 10.7. The number of piperidine rings is 1. The molecule has 6 nitrogen and oxygen atoms in total. The van der Waals surface area contributed by atoms with Crippen LogP contribution in [0.15, 0.2) is 12.3 Å². The molecule has 1 fully saturated rings. The van der Waals surface area contributed by atoms with Crippen molar-refractivity contribution in [2.75, 3.05) is 11.9 Å². The molecule has 0 radical (unpaired) electrons. The van der Waals surface area contributed by atoms with Gasteiger partial charge in [-0.2, -0.15) is 5.10 Å². The van der Waals surface area contributed by atoms with Gasteiger partial charge in [-0.3, -0.25) is 19.6 Å². The molecule has 2 rings (SSSR count). The highest BCUT2D eigenvalue weighted by Crippen LogP contribution is 2.17. The third kappa shape index (κ3) is 1.91. The monoisotopic (exact) mass is 222 g/mol. The zero-order valence-electron chi connectivity index (χ0n) is 9.30. The summed E-state index contributed by atoms with van der Waals surface area (Å²) in [7, 11) is 3.63. The van der Waals surface area contributed by atoms with Gasteiger partial charge in [0, 0.05) is 32.8 Å². The van der Waals surface area contributed by atoms with E-state index in [1.165, 1.54) is 0 Å². The van der Waals surface area contributed by atoms with Crippen LogP contribution in [0.25, 0.3) is 0 Å². The van der Waals surface area contributed by atoms with E-state index in [2.05, 4.69) is 10.4 Å². The molecule has 0 aliphatic carbocycles. The van der Waals surface area contributed by atoms with E-state index in [4.69, 9.17) is 0 Å². The number of anilines is 1. The molecule has 1 aromatic heterocycles. The summed E-state index contributed by atoms with van der Waals surface area (Å²) >= 11 is 0. The molecule has 0 bridgehead atoms. The van der Waals surface area contributed by atoms with Crippen LogP contribution in [-0.4, -0.2) is 34.7 Å². The van der Waals surface area contributed by atoms with Crippen LogP contribution >= 0.6 is 0 Å². The van der Waals surface area contributed by atoms with E-state index in [1.807, 2.05) is 26.4 Å². The molecule has 1 unspecified atom stereocenters. The maximum Gasteiger partial charge on any atom is 0.249 e. The predicted molar refractivity (Wildman–Crippen MR) is 57.8 cm³/mol. The minimum Gasteiger partial charge on any atom is -0.346 e. The van der Waals surface area contributed by atoms with Crippen LogP contribution in [0, 0.1) is 0 Å². The first-order valence-electron chi connectivity index (χ1n) is 5.14. The van der Waals surface area contributed by atoms with E-state index >= 15 is 0 Å². The fourth-order valence-corrected chi connectivity index (χ4v) is 1.80. The summed E-state index contributed by atoms with van der Waals surface area (Å²) in [6.07, 6.45) is 2.74. The highest BCUT2D eigenvalue weighted by atomic mass is 16.2. The molecule has 2 amide bonds. The Morgan fingerprint density at radius 2 is 2.31 bits per heavy atom. The number of aromatic nitrogens is 2. The second-order valence-electron chi connectivity index (χ2n) is 3.93. The van der Waals surface area contributed by atoms with Crippen molar-refractivity contribution in [2.45, 2.75) is 18.9 Å². The summed E-state index contributed by atoms with van der Waals surface area (Å²) in [6.45, 7) is 0. The average molecular weight is 222 g/mol. The lowest BCUT2D eigenvalue weighted by atomic mass is 10.1. The number of nitrogens with zero attached hydrogens (tertiary/aromatic N) is 3. The van der Waals surface area contributed by atoms with Gasteiger partial charge in [0.25, 0.3) is 0 Å². The molecule has 0 saturated carbocycles. The molecule has 1 saturated heterocycles. The van der Waals surface area contributed by atoms with Crippen LogP contribution in [0.4, 0.5) is 5.82 Å². The SMILES string of the molecule is CN(c1ccn(C)n1)C1CCC(=O)NC1=O. The molecule has 1 atom stereocenters. The number of amides is 2. The molecule has 1 aromatic rings. The standard InChI is InChI=1S/C10H14N4O2/c1-13-6-5-8(12-13)14(2)7-3-4-9(15)11-10(7)16/h5-7H,3-4H2,1-2H3,(H,11,15,16). The minimum atomic E-state index is -0.312. The van der Waals surface area contributed by atoms with E-state index in [9.17, 15) is 9.59 Å². The third-order valence-electron chi connectivity index (χ3n) is 2.74. The number of nitrogens with one attached hydrogen (secondary N) is 1. The lowest BCUT2D eigenvalue weighted by molar-refractivity contribution is -0.134. The minimum absolute atomic E-state index is 0.198. The zero-order chi connectivity index (χ0) is 11.7. The van der Waals surface area contributed by atoms with Crippen molar-refractivity contribution in [3.05, 3.63) is 12.3 Å². The van der Waals surface area contributed by atoms with E-state index in [0.717, 1.165) is 5.82 Å². The van der Waals surface area contributed by atoms with Crippen LogP contribution in [0.1, 0.15) is 12.8 Å². The molecule has 1 aliphatic rings. The largest absolute Gasteiger partial charge is 0.346 e. The quantitative estimate of drug-likeness (QED) is 0.695. The van der Waals surface area contributed by atoms with E-state index in [0.29, 0.717) is 12.8 Å². The maximum atomic E-state index is 11.6. The van der Waals surface area contributed by atoms with E-state index in [1.54, 1.807) is 9.58 Å². The summed E-state index contributed by atoms with van der Waals surface area (Å²) < 4.78 is 1.68. The van der Waals surface area contributed by atoms with Crippen LogP contribution in [0.2, 0.25) is 0 Å². The van der Waals surface area contributed by atoms with Crippen LogP contribution in [0.3, 0.4) is 0 Å². The van der Waals surface area contributed by atoms with Gasteiger partial charge in [0.05, 0.1) is 0 Å². The molecule has 86 valence electrons. The topological polar surface area (TPSA) is 67.2 Å². The lowest BCUT2D eigenvalue weighted by Gasteiger charge is -2.29. The smallest absolute Gasteiger partial charge is 0.249 e. The number of hydrogen-bond donors (Lipinski definition) is 1. The Bertz CT molecular complexity index is 426. The molecule has 6 heteroatoms. The Labute approximate surface area is 93.2 Å². The Hall–Kier alpha value is -1.85. The van der Waals surface area contributed by atoms with Gasteiger partial charge in [0.2, 0.25) is 11.8 Å². The second-order valence-corrected chi connectivity index (χ2v) is 3.93. The Balaban J connectivity index is 2.13. The van der Waals surface area contributed by atoms with Crippen molar-refractivity contribution in [2.24, 2.45) is 7.05 Å². The van der Waals surface area contributed by atoms with Crippen LogP contribution in [0.5, 0.6) is 0 Å². The van der Waals surface area contributed by atoms with Gasteiger partial charge in [-0.05, 0) is 6.42 Å². The average Bonchev–Trinajstić information content (AvgIpc) is 2.64. The van der Waals surface area contributed by atoms with Gasteiger partial charge < -0.3 is 4.90 Å². The summed E-state index contributed by atoms with van der Waals surface area (Å²) in [5.41, 5.74) is 0. The normalized spacial score (nSPS) is 20.8. The van der Waals surface area contributed by atoms with Crippen molar-refractivity contribution in [1.82, 2.24) is 15.1 Å². The van der Waals surface area contributed by atoms with Gasteiger partial charge >= 0.3 is 0 Å². The van der Waals surface area contributed by atoms with E-state index in [-0.39, 0.29) is 17.9 Å². The van der Waals surface area contributed by atoms with Crippen LogP contribution in [-0.2, 0) is 16.6 Å². The number of aryl methyl sites for hydroxylation is 1. The Kier molecular flexibility index (Phi) is 2.64. The summed E-state index contributed by atoms with van der Waals surface area (Å²) in [6, 6.07) is 1.52. The molecule has 1 N–H and O–H groups in total. The number of rotatable bonds is 2. The summed E-state index contributed by atoms with van der Waals surface area (Å²) in [4.78, 5) is 24.4. The van der Waals surface area contributed by atoms with E-state index < -0.39 is 0 Å². The predicted octanol–water partition coefficient (Wildman–Crippen LogP) is -0.338. The fourth-order valence-electron chi connectivity index (χ4n) is 1.80. The highest BCUT2D eigenvalue weighted by Gasteiger charge is 2.30. The second kappa shape index (κ2) is 3.96. The summed E-state index contributed by atoms with van der Waals surface area (Å²) in [5, 5.41) is 6.55. The van der Waals surface area contributed by atoms with Crippen molar-refractivity contribution >= 4 is 17.6 Å². The molecular weight excluding hydrogens is 208 g/mol. The van der Waals surface area contributed by atoms with Gasteiger partial charge in [0.1, 0.15) is 6.04 Å². The molecule has 16 heavy (non-hydrogen) atoms. The van der Waals surface area contributed by atoms with Crippen molar-refractivity contribution in [3.63, 3.8) is 0 Å². The number of carbonyl (C=O) groups is 2. The Morgan fingerprint density at radius 3 is 2.88 bits per heavy atom. The molecule has 1 aliphatic heterocycles. The fraction of sp³-hybridized carbons (Fsp3) is 0.500. The number of hydrogen-bond acceptors (Lipinski definition) is 4. The molecule has 0 aromatic carbocycles. The molecule has 0 spiro atoms. The summed E-state index contributed by atoms with van der Waals surface area (Å²) in [5.74, 6) is 0.289. The highest BCUT2D eigenvalue weighted by molar-refractivity contribution is 6.01. The molecular formula is C10H14N4O2. The number of carbonyl (C=O) groups excluding carboxylic acids is 2. The van der Waals surface area contributed by atoms with Gasteiger partial charge in [-0.15, -0.1) is 0 Å². The van der Waals surface area contributed by atoms with Crippen molar-refractivity contribution < 1.29 is 9.59 Å². The molecule has 2 heterocycles. The van der Waals surface area contributed by atoms with Gasteiger partial charge in [-0.1, -0.05) is 0 Å². The van der Waals surface area contributed by atoms with Crippen molar-refractivity contribution in [3.8, 4) is 0 Å². The van der Waals surface area contributed by atoms with Gasteiger partial charge in [-0.25, -0.2) is 0 Å². The number of likely N-dealkylation sites (N-methyl/N-ethyl adjacent to an activating group) is 1.